The Hall–Kier alpha value is -1.43. The van der Waals surface area contributed by atoms with Crippen molar-refractivity contribution in [2.24, 2.45) is 0 Å². The lowest BCUT2D eigenvalue weighted by Gasteiger charge is -2.07. The first kappa shape index (κ1) is 12.6. The van der Waals surface area contributed by atoms with Crippen LogP contribution in [-0.2, 0) is 11.3 Å². The van der Waals surface area contributed by atoms with Crippen LogP contribution in [0.3, 0.4) is 0 Å². The number of hydrogen-bond donors (Lipinski definition) is 4. The molecule has 0 unspecified atom stereocenters. The van der Waals surface area contributed by atoms with Gasteiger partial charge in [-0.3, -0.25) is 4.79 Å². The Kier molecular flexibility index (Phi) is 4.91. The van der Waals surface area contributed by atoms with Gasteiger partial charge in [0.1, 0.15) is 0 Å². The lowest BCUT2D eigenvalue weighted by molar-refractivity contribution is -0.114. The minimum absolute atomic E-state index is 0.103. The molecule has 5 heteroatoms. The molecule has 0 saturated heterocycles. The van der Waals surface area contributed by atoms with Gasteiger partial charge in [-0.1, -0.05) is 12.1 Å². The normalized spacial score (nSPS) is 10.5. The number of carbonyl (C=O) groups is 1. The maximum absolute atomic E-state index is 10.8. The molecule has 88 valence electrons. The fourth-order valence-corrected chi connectivity index (χ4v) is 1.25. The molecular weight excluding hydrogens is 208 g/mol. The number of hydrogen-bond acceptors (Lipinski definition) is 4. The summed E-state index contributed by atoms with van der Waals surface area (Å²) in [5, 5.41) is 22.8. The van der Waals surface area contributed by atoms with Gasteiger partial charge in [-0.15, -0.1) is 0 Å². The quantitative estimate of drug-likeness (QED) is 0.532. The number of aliphatic hydroxyl groups excluding tert-OH is 1. The van der Waals surface area contributed by atoms with Gasteiger partial charge in [-0.05, 0) is 17.7 Å². The van der Waals surface area contributed by atoms with E-state index in [1.54, 1.807) is 12.1 Å². The Morgan fingerprint density at radius 3 is 2.44 bits per heavy atom. The van der Waals surface area contributed by atoms with E-state index < -0.39 is 6.29 Å². The van der Waals surface area contributed by atoms with Crippen LogP contribution in [0, 0.1) is 0 Å². The third-order valence-corrected chi connectivity index (χ3v) is 1.93. The van der Waals surface area contributed by atoms with E-state index in [2.05, 4.69) is 10.6 Å². The van der Waals surface area contributed by atoms with Gasteiger partial charge in [-0.25, -0.2) is 0 Å². The highest BCUT2D eigenvalue weighted by atomic mass is 16.5. The van der Waals surface area contributed by atoms with E-state index in [0.717, 1.165) is 11.3 Å². The van der Waals surface area contributed by atoms with E-state index in [4.69, 9.17) is 10.2 Å². The van der Waals surface area contributed by atoms with Crippen LogP contribution in [0.5, 0.6) is 0 Å². The molecule has 1 rings (SSSR count). The molecule has 5 nitrogen and oxygen atoms in total. The highest BCUT2D eigenvalue weighted by molar-refractivity contribution is 5.88. The molecule has 1 aromatic carbocycles. The van der Waals surface area contributed by atoms with Gasteiger partial charge in [0.25, 0.3) is 0 Å². The number of aliphatic hydroxyl groups is 2. The van der Waals surface area contributed by atoms with Gasteiger partial charge in [0, 0.05) is 25.7 Å². The lowest BCUT2D eigenvalue weighted by Crippen LogP contribution is -2.25. The van der Waals surface area contributed by atoms with E-state index in [-0.39, 0.29) is 12.5 Å². The zero-order chi connectivity index (χ0) is 12.0. The fraction of sp³-hybridized carbons (Fsp3) is 0.364. The van der Waals surface area contributed by atoms with Crippen molar-refractivity contribution in [3.63, 3.8) is 0 Å². The van der Waals surface area contributed by atoms with Crippen molar-refractivity contribution < 1.29 is 15.0 Å². The summed E-state index contributed by atoms with van der Waals surface area (Å²) in [6.07, 6.45) is -1.33. The molecule has 0 fully saturated rings. The molecule has 4 N–H and O–H groups in total. The fourth-order valence-electron chi connectivity index (χ4n) is 1.25. The monoisotopic (exact) mass is 224 g/mol. The Labute approximate surface area is 94.1 Å². The van der Waals surface area contributed by atoms with E-state index in [1.165, 1.54) is 6.92 Å². The van der Waals surface area contributed by atoms with E-state index >= 15 is 0 Å². The minimum Gasteiger partial charge on any atom is -0.367 e. The zero-order valence-corrected chi connectivity index (χ0v) is 9.10. The van der Waals surface area contributed by atoms with Gasteiger partial charge in [0.2, 0.25) is 5.91 Å². The molecule has 0 aliphatic carbocycles. The smallest absolute Gasteiger partial charge is 0.221 e. The molecule has 0 saturated carbocycles. The number of anilines is 1. The topological polar surface area (TPSA) is 81.6 Å². The van der Waals surface area contributed by atoms with Crippen molar-refractivity contribution in [2.75, 3.05) is 11.9 Å². The number of nitrogens with one attached hydrogen (secondary N) is 2. The summed E-state index contributed by atoms with van der Waals surface area (Å²) in [5.74, 6) is -0.103. The largest absolute Gasteiger partial charge is 0.367 e. The highest BCUT2D eigenvalue weighted by Crippen LogP contribution is 2.09. The van der Waals surface area contributed by atoms with E-state index in [1.807, 2.05) is 12.1 Å². The number of carbonyl (C=O) groups excluding carboxylic acids is 1. The molecule has 0 radical (unpaired) electrons. The van der Waals surface area contributed by atoms with E-state index in [0.29, 0.717) is 6.54 Å². The maximum Gasteiger partial charge on any atom is 0.221 e. The van der Waals surface area contributed by atoms with Crippen LogP contribution in [0.1, 0.15) is 12.5 Å². The van der Waals surface area contributed by atoms with Crippen LogP contribution in [0.15, 0.2) is 24.3 Å². The van der Waals surface area contributed by atoms with Crippen LogP contribution in [-0.4, -0.2) is 29.0 Å². The second-order valence-electron chi connectivity index (χ2n) is 3.49. The van der Waals surface area contributed by atoms with Crippen molar-refractivity contribution in [1.82, 2.24) is 5.32 Å². The summed E-state index contributed by atoms with van der Waals surface area (Å²) in [6, 6.07) is 7.33. The summed E-state index contributed by atoms with van der Waals surface area (Å²) in [5.41, 5.74) is 1.76. The second-order valence-corrected chi connectivity index (χ2v) is 3.49. The average Bonchev–Trinajstić information content (AvgIpc) is 2.19. The summed E-state index contributed by atoms with van der Waals surface area (Å²) in [6.45, 7) is 2.14. The third-order valence-electron chi connectivity index (χ3n) is 1.93. The number of amides is 1. The van der Waals surface area contributed by atoms with Gasteiger partial charge in [0.15, 0.2) is 6.29 Å². The number of rotatable bonds is 5. The summed E-state index contributed by atoms with van der Waals surface area (Å²) < 4.78 is 0. The summed E-state index contributed by atoms with van der Waals surface area (Å²) >= 11 is 0. The van der Waals surface area contributed by atoms with Gasteiger partial charge in [-0.2, -0.15) is 0 Å². The molecule has 0 aromatic heterocycles. The average molecular weight is 224 g/mol. The maximum atomic E-state index is 10.8. The molecule has 0 aliphatic heterocycles. The number of benzene rings is 1. The lowest BCUT2D eigenvalue weighted by atomic mass is 10.2. The van der Waals surface area contributed by atoms with Crippen molar-refractivity contribution in [2.45, 2.75) is 19.8 Å². The molecule has 0 bridgehead atoms. The molecule has 0 atom stereocenters. The highest BCUT2D eigenvalue weighted by Gasteiger charge is 1.98. The zero-order valence-electron chi connectivity index (χ0n) is 9.10. The first-order valence-corrected chi connectivity index (χ1v) is 5.01. The van der Waals surface area contributed by atoms with Crippen molar-refractivity contribution in [1.29, 1.82) is 0 Å². The molecule has 1 aromatic rings. The minimum atomic E-state index is -1.33. The Balaban J connectivity index is 2.42. The predicted molar refractivity (Wildman–Crippen MR) is 60.7 cm³/mol. The molecule has 0 spiro atoms. The summed E-state index contributed by atoms with van der Waals surface area (Å²) in [7, 11) is 0. The van der Waals surface area contributed by atoms with Gasteiger partial charge >= 0.3 is 0 Å². The standard InChI is InChI=1S/C11H16N2O3/c1-8(14)13-10-4-2-9(3-5-10)6-12-7-11(15)16/h2-5,11-12,15-16H,6-7H2,1H3,(H,13,14). The predicted octanol–water partition coefficient (Wildman–Crippen LogP) is 0.0453. The third kappa shape index (κ3) is 4.88. The first-order valence-electron chi connectivity index (χ1n) is 5.01. The molecule has 0 aliphatic rings. The first-order chi connectivity index (χ1) is 7.58. The van der Waals surface area contributed by atoms with Crippen molar-refractivity contribution in [3.8, 4) is 0 Å². The van der Waals surface area contributed by atoms with Gasteiger partial charge < -0.3 is 20.8 Å². The van der Waals surface area contributed by atoms with Crippen LogP contribution in [0.25, 0.3) is 0 Å². The Bertz CT molecular complexity index is 336. The second kappa shape index (κ2) is 6.22. The summed E-state index contributed by atoms with van der Waals surface area (Å²) in [4.78, 5) is 10.8. The van der Waals surface area contributed by atoms with Crippen LogP contribution < -0.4 is 10.6 Å². The molecule has 1 amide bonds. The van der Waals surface area contributed by atoms with Crippen LogP contribution in [0.2, 0.25) is 0 Å². The van der Waals surface area contributed by atoms with Gasteiger partial charge in [0.05, 0.1) is 0 Å². The molecule has 16 heavy (non-hydrogen) atoms. The van der Waals surface area contributed by atoms with Crippen molar-refractivity contribution >= 4 is 11.6 Å². The Morgan fingerprint density at radius 2 is 1.94 bits per heavy atom. The Morgan fingerprint density at radius 1 is 1.31 bits per heavy atom. The molecular formula is C11H16N2O3. The SMILES string of the molecule is CC(=O)Nc1ccc(CNCC(O)O)cc1. The van der Waals surface area contributed by atoms with Crippen LogP contribution >= 0.6 is 0 Å². The van der Waals surface area contributed by atoms with E-state index in [9.17, 15) is 4.79 Å². The van der Waals surface area contributed by atoms with Crippen molar-refractivity contribution in [3.05, 3.63) is 29.8 Å². The van der Waals surface area contributed by atoms with Crippen LogP contribution in [0.4, 0.5) is 5.69 Å². The molecule has 0 heterocycles.